The summed E-state index contributed by atoms with van der Waals surface area (Å²) < 4.78 is 5.44. The molecule has 0 bridgehead atoms. The Hall–Kier alpha value is -0.120. The van der Waals surface area contributed by atoms with Crippen molar-refractivity contribution in [2.24, 2.45) is 0 Å². The lowest BCUT2D eigenvalue weighted by atomic mass is 10.2. The van der Waals surface area contributed by atoms with Gasteiger partial charge < -0.3 is 10.1 Å². The maximum absolute atomic E-state index is 5.44. The Morgan fingerprint density at radius 2 is 2.29 bits per heavy atom. The number of nitrogens with zero attached hydrogens (tertiary/aromatic N) is 1. The van der Waals surface area contributed by atoms with E-state index in [2.05, 4.69) is 24.1 Å². The Bertz CT molecular complexity index is 182. The fraction of sp³-hybridized carbons (Fsp3) is 1.00. The second-order valence-corrected chi connectivity index (χ2v) is 4.69. The molecule has 1 aliphatic heterocycles. The van der Waals surface area contributed by atoms with Crippen molar-refractivity contribution in [3.05, 3.63) is 0 Å². The predicted octanol–water partition coefficient (Wildman–Crippen LogP) is 0.848. The third kappa shape index (κ3) is 2.69. The summed E-state index contributed by atoms with van der Waals surface area (Å²) in [6, 6.07) is 2.06. The summed E-state index contributed by atoms with van der Waals surface area (Å²) in [5.74, 6) is 0. The SMILES string of the molecule is CC(CNC1CC1)N1CCOCC1C. The van der Waals surface area contributed by atoms with Crippen LogP contribution in [0, 0.1) is 0 Å². The number of hydrogen-bond donors (Lipinski definition) is 1. The lowest BCUT2D eigenvalue weighted by Crippen LogP contribution is -2.51. The molecule has 0 aromatic heterocycles. The van der Waals surface area contributed by atoms with Crippen LogP contribution in [0.1, 0.15) is 26.7 Å². The molecule has 2 fully saturated rings. The van der Waals surface area contributed by atoms with E-state index in [0.717, 1.165) is 32.3 Å². The molecule has 2 atom stereocenters. The monoisotopic (exact) mass is 198 g/mol. The molecule has 82 valence electrons. The molecular weight excluding hydrogens is 176 g/mol. The average Bonchev–Trinajstić information content (AvgIpc) is 2.98. The molecule has 2 aliphatic rings. The molecular formula is C11H22N2O. The van der Waals surface area contributed by atoms with Crippen LogP contribution in [-0.4, -0.2) is 49.3 Å². The van der Waals surface area contributed by atoms with Crippen LogP contribution in [0.3, 0.4) is 0 Å². The molecule has 3 heteroatoms. The summed E-state index contributed by atoms with van der Waals surface area (Å²) in [5, 5.41) is 3.59. The van der Waals surface area contributed by atoms with Gasteiger partial charge in [0, 0.05) is 31.2 Å². The fourth-order valence-corrected chi connectivity index (χ4v) is 2.14. The Labute approximate surface area is 86.8 Å². The number of ether oxygens (including phenoxy) is 1. The van der Waals surface area contributed by atoms with Crippen molar-refractivity contribution in [2.45, 2.75) is 44.8 Å². The summed E-state index contributed by atoms with van der Waals surface area (Å²) in [4.78, 5) is 2.55. The molecule has 1 heterocycles. The van der Waals surface area contributed by atoms with Crippen LogP contribution < -0.4 is 5.32 Å². The molecule has 1 saturated heterocycles. The first-order valence-electron chi connectivity index (χ1n) is 5.84. The van der Waals surface area contributed by atoms with Gasteiger partial charge in [0.15, 0.2) is 0 Å². The van der Waals surface area contributed by atoms with Crippen LogP contribution in [0.5, 0.6) is 0 Å². The van der Waals surface area contributed by atoms with Gasteiger partial charge in [-0.25, -0.2) is 0 Å². The van der Waals surface area contributed by atoms with Crippen molar-refractivity contribution in [1.82, 2.24) is 10.2 Å². The normalized spacial score (nSPS) is 31.7. The smallest absolute Gasteiger partial charge is 0.0619 e. The van der Waals surface area contributed by atoms with Crippen molar-refractivity contribution in [1.29, 1.82) is 0 Å². The van der Waals surface area contributed by atoms with Gasteiger partial charge >= 0.3 is 0 Å². The molecule has 0 amide bonds. The van der Waals surface area contributed by atoms with Gasteiger partial charge in [-0.15, -0.1) is 0 Å². The standard InChI is InChI=1S/C11H22N2O/c1-9(7-12-11-3-4-11)13-5-6-14-8-10(13)2/h9-12H,3-8H2,1-2H3. The first-order chi connectivity index (χ1) is 6.77. The minimum absolute atomic E-state index is 0.583. The quantitative estimate of drug-likeness (QED) is 0.725. The van der Waals surface area contributed by atoms with Gasteiger partial charge in [-0.2, -0.15) is 0 Å². The Morgan fingerprint density at radius 1 is 1.50 bits per heavy atom. The molecule has 0 aromatic carbocycles. The second kappa shape index (κ2) is 4.60. The maximum Gasteiger partial charge on any atom is 0.0619 e. The molecule has 2 rings (SSSR count). The van der Waals surface area contributed by atoms with Gasteiger partial charge in [0.1, 0.15) is 0 Å². The van der Waals surface area contributed by atoms with E-state index >= 15 is 0 Å². The van der Waals surface area contributed by atoms with Gasteiger partial charge in [-0.1, -0.05) is 0 Å². The highest BCUT2D eigenvalue weighted by Gasteiger charge is 2.26. The van der Waals surface area contributed by atoms with E-state index in [4.69, 9.17) is 4.74 Å². The van der Waals surface area contributed by atoms with Crippen molar-refractivity contribution < 1.29 is 4.74 Å². The molecule has 0 aromatic rings. The Kier molecular flexibility index (Phi) is 3.42. The summed E-state index contributed by atoms with van der Waals surface area (Å²) in [7, 11) is 0. The summed E-state index contributed by atoms with van der Waals surface area (Å²) in [6.45, 7) is 8.60. The number of morpholine rings is 1. The fourth-order valence-electron chi connectivity index (χ4n) is 2.14. The molecule has 3 nitrogen and oxygen atoms in total. The second-order valence-electron chi connectivity index (χ2n) is 4.69. The van der Waals surface area contributed by atoms with Crippen LogP contribution in [0.15, 0.2) is 0 Å². The maximum atomic E-state index is 5.44. The average molecular weight is 198 g/mol. The van der Waals surface area contributed by atoms with Crippen molar-refractivity contribution in [2.75, 3.05) is 26.3 Å². The zero-order valence-electron chi connectivity index (χ0n) is 9.33. The Morgan fingerprint density at radius 3 is 2.93 bits per heavy atom. The minimum Gasteiger partial charge on any atom is -0.379 e. The number of hydrogen-bond acceptors (Lipinski definition) is 3. The molecule has 0 spiro atoms. The number of nitrogens with one attached hydrogen (secondary N) is 1. The van der Waals surface area contributed by atoms with Gasteiger partial charge in [-0.05, 0) is 26.7 Å². The Balaban J connectivity index is 1.73. The first kappa shape index (κ1) is 10.4. The van der Waals surface area contributed by atoms with E-state index < -0.39 is 0 Å². The summed E-state index contributed by atoms with van der Waals surface area (Å²) in [6.07, 6.45) is 2.76. The van der Waals surface area contributed by atoms with E-state index in [0.29, 0.717) is 12.1 Å². The summed E-state index contributed by atoms with van der Waals surface area (Å²) in [5.41, 5.74) is 0. The van der Waals surface area contributed by atoms with Crippen LogP contribution in [-0.2, 0) is 4.74 Å². The molecule has 14 heavy (non-hydrogen) atoms. The van der Waals surface area contributed by atoms with Gasteiger partial charge in [0.2, 0.25) is 0 Å². The van der Waals surface area contributed by atoms with Crippen LogP contribution in [0.2, 0.25) is 0 Å². The van der Waals surface area contributed by atoms with Crippen molar-refractivity contribution in [3.8, 4) is 0 Å². The van der Waals surface area contributed by atoms with Crippen LogP contribution >= 0.6 is 0 Å². The first-order valence-corrected chi connectivity index (χ1v) is 5.84. The zero-order valence-corrected chi connectivity index (χ0v) is 9.33. The highest BCUT2D eigenvalue weighted by molar-refractivity contribution is 4.84. The van der Waals surface area contributed by atoms with Crippen molar-refractivity contribution in [3.63, 3.8) is 0 Å². The van der Waals surface area contributed by atoms with Gasteiger partial charge in [0.25, 0.3) is 0 Å². The lowest BCUT2D eigenvalue weighted by molar-refractivity contribution is -0.0181. The molecule has 1 N–H and O–H groups in total. The van der Waals surface area contributed by atoms with E-state index in [-0.39, 0.29) is 0 Å². The zero-order chi connectivity index (χ0) is 9.97. The largest absolute Gasteiger partial charge is 0.379 e. The topological polar surface area (TPSA) is 24.5 Å². The van der Waals surface area contributed by atoms with Crippen LogP contribution in [0.4, 0.5) is 0 Å². The summed E-state index contributed by atoms with van der Waals surface area (Å²) >= 11 is 0. The van der Waals surface area contributed by atoms with Gasteiger partial charge in [0.05, 0.1) is 13.2 Å². The lowest BCUT2D eigenvalue weighted by Gasteiger charge is -2.38. The van der Waals surface area contributed by atoms with Crippen LogP contribution in [0.25, 0.3) is 0 Å². The highest BCUT2D eigenvalue weighted by Crippen LogP contribution is 2.19. The molecule has 1 aliphatic carbocycles. The molecule has 1 saturated carbocycles. The third-order valence-corrected chi connectivity index (χ3v) is 3.26. The highest BCUT2D eigenvalue weighted by atomic mass is 16.5. The van der Waals surface area contributed by atoms with Gasteiger partial charge in [-0.3, -0.25) is 4.90 Å². The van der Waals surface area contributed by atoms with E-state index in [9.17, 15) is 0 Å². The third-order valence-electron chi connectivity index (χ3n) is 3.26. The van der Waals surface area contributed by atoms with E-state index in [1.54, 1.807) is 0 Å². The molecule has 2 unspecified atom stereocenters. The number of rotatable bonds is 4. The predicted molar refractivity (Wildman–Crippen MR) is 57.5 cm³/mol. The van der Waals surface area contributed by atoms with E-state index in [1.807, 2.05) is 0 Å². The van der Waals surface area contributed by atoms with E-state index in [1.165, 1.54) is 12.8 Å². The minimum atomic E-state index is 0.583. The van der Waals surface area contributed by atoms with Crippen molar-refractivity contribution >= 4 is 0 Å². The molecule has 0 radical (unpaired) electrons.